The molecule has 2 aromatic carbocycles. The van der Waals surface area contributed by atoms with E-state index < -0.39 is 10.0 Å². The first-order chi connectivity index (χ1) is 12.3. The van der Waals surface area contributed by atoms with Gasteiger partial charge in [-0.1, -0.05) is 69.7 Å². The van der Waals surface area contributed by atoms with Gasteiger partial charge in [0.05, 0.1) is 4.90 Å². The Bertz CT molecular complexity index is 821. The van der Waals surface area contributed by atoms with Crippen molar-refractivity contribution in [2.45, 2.75) is 56.3 Å². The molecule has 4 heteroatoms. The van der Waals surface area contributed by atoms with E-state index in [1.807, 2.05) is 30.3 Å². The molecule has 1 saturated heterocycles. The standard InChI is InChI=1S/C22H29NO2S/c1-22(2,3)20-12-14-21(15-13-20)26(24,25)23-16-8-7-11-19(17-23)18-9-5-4-6-10-18/h4-6,9-10,12-15,19H,7-8,11,16-17H2,1-3H3. The van der Waals surface area contributed by atoms with Crippen molar-refractivity contribution in [3.05, 3.63) is 65.7 Å². The lowest BCUT2D eigenvalue weighted by atomic mass is 9.87. The zero-order valence-corrected chi connectivity index (χ0v) is 16.8. The van der Waals surface area contributed by atoms with Crippen molar-refractivity contribution in [2.75, 3.05) is 13.1 Å². The molecule has 0 aliphatic carbocycles. The molecule has 1 atom stereocenters. The molecule has 0 aromatic heterocycles. The van der Waals surface area contributed by atoms with E-state index in [1.54, 1.807) is 16.4 Å². The first-order valence-electron chi connectivity index (χ1n) is 9.44. The van der Waals surface area contributed by atoms with Gasteiger partial charge >= 0.3 is 0 Å². The van der Waals surface area contributed by atoms with Crippen LogP contribution in [0.3, 0.4) is 0 Å². The minimum atomic E-state index is -3.46. The molecule has 1 aliphatic rings. The predicted molar refractivity (Wildman–Crippen MR) is 107 cm³/mol. The highest BCUT2D eigenvalue weighted by Crippen LogP contribution is 2.30. The fraction of sp³-hybridized carbons (Fsp3) is 0.455. The minimum Gasteiger partial charge on any atom is -0.207 e. The third-order valence-corrected chi connectivity index (χ3v) is 7.14. The highest BCUT2D eigenvalue weighted by molar-refractivity contribution is 7.89. The minimum absolute atomic E-state index is 0.0172. The maximum absolute atomic E-state index is 13.2. The molecule has 1 aliphatic heterocycles. The van der Waals surface area contributed by atoms with Gasteiger partial charge in [0.2, 0.25) is 10.0 Å². The number of rotatable bonds is 3. The van der Waals surface area contributed by atoms with E-state index in [9.17, 15) is 8.42 Å². The highest BCUT2D eigenvalue weighted by atomic mass is 32.2. The van der Waals surface area contributed by atoms with E-state index in [0.29, 0.717) is 18.0 Å². The van der Waals surface area contributed by atoms with Gasteiger partial charge < -0.3 is 0 Å². The van der Waals surface area contributed by atoms with Crippen molar-refractivity contribution in [1.29, 1.82) is 0 Å². The van der Waals surface area contributed by atoms with Gasteiger partial charge in [0.15, 0.2) is 0 Å². The van der Waals surface area contributed by atoms with Crippen molar-refractivity contribution in [3.8, 4) is 0 Å². The van der Waals surface area contributed by atoms with Crippen molar-refractivity contribution in [3.63, 3.8) is 0 Å². The molecule has 1 unspecified atom stereocenters. The van der Waals surface area contributed by atoms with Crippen LogP contribution in [0.4, 0.5) is 0 Å². The first kappa shape index (κ1) is 19.1. The molecule has 0 bridgehead atoms. The third-order valence-electron chi connectivity index (χ3n) is 5.26. The SMILES string of the molecule is CC(C)(C)c1ccc(S(=O)(=O)N2CCCCC(c3ccccc3)C2)cc1. The monoisotopic (exact) mass is 371 g/mol. The van der Waals surface area contributed by atoms with Gasteiger partial charge in [0, 0.05) is 13.1 Å². The molecule has 140 valence electrons. The molecule has 0 N–H and O–H groups in total. The predicted octanol–water partition coefficient (Wildman–Crippen LogP) is 4.94. The summed E-state index contributed by atoms with van der Waals surface area (Å²) in [5.41, 5.74) is 2.40. The van der Waals surface area contributed by atoms with E-state index in [2.05, 4.69) is 32.9 Å². The molecule has 1 fully saturated rings. The number of benzene rings is 2. The Labute approximate surface area is 158 Å². The number of nitrogens with zero attached hydrogens (tertiary/aromatic N) is 1. The van der Waals surface area contributed by atoms with E-state index in [0.717, 1.165) is 24.8 Å². The summed E-state index contributed by atoms with van der Waals surface area (Å²) in [4.78, 5) is 0.402. The second kappa shape index (κ2) is 7.53. The zero-order valence-electron chi connectivity index (χ0n) is 16.0. The van der Waals surface area contributed by atoms with Crippen LogP contribution in [0, 0.1) is 0 Å². The molecule has 26 heavy (non-hydrogen) atoms. The number of sulfonamides is 1. The van der Waals surface area contributed by atoms with Crippen LogP contribution in [0.25, 0.3) is 0 Å². The summed E-state index contributed by atoms with van der Waals surface area (Å²) in [7, 11) is -3.46. The number of hydrogen-bond donors (Lipinski definition) is 0. The average molecular weight is 372 g/mol. The maximum Gasteiger partial charge on any atom is 0.243 e. The Morgan fingerprint density at radius 3 is 2.19 bits per heavy atom. The van der Waals surface area contributed by atoms with Gasteiger partial charge in [-0.05, 0) is 47.4 Å². The lowest BCUT2D eigenvalue weighted by Gasteiger charge is -2.25. The zero-order chi connectivity index (χ0) is 18.8. The topological polar surface area (TPSA) is 37.4 Å². The van der Waals surface area contributed by atoms with Crippen LogP contribution in [0.2, 0.25) is 0 Å². The maximum atomic E-state index is 13.2. The van der Waals surface area contributed by atoms with Crippen LogP contribution in [0.5, 0.6) is 0 Å². The summed E-state index contributed by atoms with van der Waals surface area (Å²) >= 11 is 0. The molecule has 1 heterocycles. The smallest absolute Gasteiger partial charge is 0.207 e. The van der Waals surface area contributed by atoms with Crippen LogP contribution in [-0.4, -0.2) is 25.8 Å². The fourth-order valence-corrected chi connectivity index (χ4v) is 5.12. The van der Waals surface area contributed by atoms with Crippen molar-refractivity contribution >= 4 is 10.0 Å². The van der Waals surface area contributed by atoms with Crippen molar-refractivity contribution in [1.82, 2.24) is 4.31 Å². The molecule has 0 saturated carbocycles. The Morgan fingerprint density at radius 2 is 1.58 bits per heavy atom. The van der Waals surface area contributed by atoms with E-state index in [-0.39, 0.29) is 11.3 Å². The van der Waals surface area contributed by atoms with Gasteiger partial charge in [0.1, 0.15) is 0 Å². The summed E-state index contributed by atoms with van der Waals surface area (Å²) in [6.07, 6.45) is 3.02. The molecular weight excluding hydrogens is 342 g/mol. The van der Waals surface area contributed by atoms with Crippen LogP contribution in [0.15, 0.2) is 59.5 Å². The molecule has 3 nitrogen and oxygen atoms in total. The molecule has 2 aromatic rings. The number of hydrogen-bond acceptors (Lipinski definition) is 2. The second-order valence-electron chi connectivity index (χ2n) is 8.24. The van der Waals surface area contributed by atoms with Gasteiger partial charge in [-0.2, -0.15) is 4.31 Å². The normalized spacial score (nSPS) is 19.9. The van der Waals surface area contributed by atoms with Crippen molar-refractivity contribution in [2.24, 2.45) is 0 Å². The fourth-order valence-electron chi connectivity index (χ4n) is 3.60. The van der Waals surface area contributed by atoms with Crippen molar-refractivity contribution < 1.29 is 8.42 Å². The van der Waals surface area contributed by atoms with Crippen LogP contribution >= 0.6 is 0 Å². The van der Waals surface area contributed by atoms with E-state index in [1.165, 1.54) is 5.56 Å². The third kappa shape index (κ3) is 4.18. The van der Waals surface area contributed by atoms with Gasteiger partial charge in [0.25, 0.3) is 0 Å². The molecule has 0 radical (unpaired) electrons. The van der Waals surface area contributed by atoms with Crippen LogP contribution < -0.4 is 0 Å². The second-order valence-corrected chi connectivity index (χ2v) is 10.2. The largest absolute Gasteiger partial charge is 0.243 e. The molecular formula is C22H29NO2S. The van der Waals surface area contributed by atoms with Gasteiger partial charge in [-0.25, -0.2) is 8.42 Å². The summed E-state index contributed by atoms with van der Waals surface area (Å²) in [6, 6.07) is 17.7. The molecule has 0 amide bonds. The van der Waals surface area contributed by atoms with Crippen LogP contribution in [-0.2, 0) is 15.4 Å². The first-order valence-corrected chi connectivity index (χ1v) is 10.9. The summed E-state index contributed by atoms with van der Waals surface area (Å²) in [6.45, 7) is 7.57. The Morgan fingerprint density at radius 1 is 0.923 bits per heavy atom. The lowest BCUT2D eigenvalue weighted by molar-refractivity contribution is 0.406. The Hall–Kier alpha value is -1.65. The quantitative estimate of drug-likeness (QED) is 0.766. The summed E-state index contributed by atoms with van der Waals surface area (Å²) in [5.74, 6) is 0.266. The van der Waals surface area contributed by atoms with Crippen LogP contribution in [0.1, 0.15) is 57.1 Å². The summed E-state index contributed by atoms with van der Waals surface area (Å²) < 4.78 is 28.1. The Balaban J connectivity index is 1.85. The average Bonchev–Trinajstić information content (AvgIpc) is 2.89. The summed E-state index contributed by atoms with van der Waals surface area (Å²) in [5, 5.41) is 0. The molecule has 3 rings (SSSR count). The van der Waals surface area contributed by atoms with E-state index >= 15 is 0 Å². The molecule has 0 spiro atoms. The highest BCUT2D eigenvalue weighted by Gasteiger charge is 2.29. The Kier molecular flexibility index (Phi) is 5.54. The van der Waals surface area contributed by atoms with E-state index in [4.69, 9.17) is 0 Å². The lowest BCUT2D eigenvalue weighted by Crippen LogP contribution is -2.34. The van der Waals surface area contributed by atoms with Gasteiger partial charge in [-0.15, -0.1) is 0 Å². The van der Waals surface area contributed by atoms with Gasteiger partial charge in [-0.3, -0.25) is 0 Å².